The molecule has 0 N–H and O–H groups in total. The summed E-state index contributed by atoms with van der Waals surface area (Å²) in [7, 11) is -1.58. The Morgan fingerprint density at radius 2 is 1.16 bits per heavy atom. The predicted octanol–water partition coefficient (Wildman–Crippen LogP) is 6.66. The zero-order valence-electron chi connectivity index (χ0n) is 23.0. The lowest BCUT2D eigenvalue weighted by Gasteiger charge is -2.44. The summed E-state index contributed by atoms with van der Waals surface area (Å²) in [6.07, 6.45) is -1.04. The van der Waals surface area contributed by atoms with Crippen molar-refractivity contribution in [3.8, 4) is 11.5 Å². The number of ether oxygens (including phenoxy) is 4. The molecule has 200 valence electrons. The molecule has 1 aliphatic rings. The SMILES string of the molecule is C[C@H]1[C@@H](OCc2ccccc2)[C@H](OCc2ccccc2)[C@@H](COCc2ccccc2)O[C@@H]1C#C[Si](C)(C)C. The lowest BCUT2D eigenvalue weighted by Crippen LogP contribution is -2.56. The molecule has 0 radical (unpaired) electrons. The van der Waals surface area contributed by atoms with Gasteiger partial charge < -0.3 is 18.9 Å². The van der Waals surface area contributed by atoms with Gasteiger partial charge in [-0.05, 0) is 16.7 Å². The third-order valence-corrected chi connectivity index (χ3v) is 7.46. The molecule has 5 heteroatoms. The first-order valence-electron chi connectivity index (χ1n) is 13.5. The normalized spacial score (nSPS) is 23.4. The van der Waals surface area contributed by atoms with E-state index in [1.54, 1.807) is 0 Å². The van der Waals surface area contributed by atoms with E-state index in [-0.39, 0.29) is 30.3 Å². The van der Waals surface area contributed by atoms with Crippen LogP contribution in [0.3, 0.4) is 0 Å². The Morgan fingerprint density at radius 1 is 0.684 bits per heavy atom. The van der Waals surface area contributed by atoms with Crippen molar-refractivity contribution in [2.45, 2.75) is 70.8 Å². The van der Waals surface area contributed by atoms with Crippen LogP contribution < -0.4 is 0 Å². The van der Waals surface area contributed by atoms with Crippen LogP contribution >= 0.6 is 0 Å². The average Bonchev–Trinajstić information content (AvgIpc) is 2.92. The van der Waals surface area contributed by atoms with Gasteiger partial charge in [0.15, 0.2) is 0 Å². The molecule has 0 amide bonds. The highest BCUT2D eigenvalue weighted by Crippen LogP contribution is 2.32. The monoisotopic (exact) mass is 528 g/mol. The van der Waals surface area contributed by atoms with E-state index in [0.29, 0.717) is 26.4 Å². The molecule has 0 aromatic heterocycles. The average molecular weight is 529 g/mol. The summed E-state index contributed by atoms with van der Waals surface area (Å²) in [6, 6.07) is 30.7. The Hall–Kier alpha value is -2.72. The van der Waals surface area contributed by atoms with E-state index in [1.807, 2.05) is 54.6 Å². The van der Waals surface area contributed by atoms with E-state index in [2.05, 4.69) is 74.4 Å². The van der Waals surface area contributed by atoms with Crippen molar-refractivity contribution in [2.24, 2.45) is 5.92 Å². The van der Waals surface area contributed by atoms with Crippen molar-refractivity contribution in [3.05, 3.63) is 108 Å². The van der Waals surface area contributed by atoms with E-state index >= 15 is 0 Å². The summed E-state index contributed by atoms with van der Waals surface area (Å²) in [5.41, 5.74) is 6.90. The quantitative estimate of drug-likeness (QED) is 0.218. The molecule has 0 aliphatic carbocycles. The Labute approximate surface area is 229 Å². The minimum absolute atomic E-state index is 0.0358. The van der Waals surface area contributed by atoms with Crippen LogP contribution in [0.25, 0.3) is 0 Å². The van der Waals surface area contributed by atoms with Gasteiger partial charge in [-0.15, -0.1) is 5.54 Å². The molecule has 0 unspecified atom stereocenters. The van der Waals surface area contributed by atoms with Gasteiger partial charge in [0.1, 0.15) is 26.4 Å². The maximum absolute atomic E-state index is 6.63. The first-order valence-corrected chi connectivity index (χ1v) is 17.0. The summed E-state index contributed by atoms with van der Waals surface area (Å²) in [5, 5.41) is 0. The highest BCUT2D eigenvalue weighted by molar-refractivity contribution is 6.83. The van der Waals surface area contributed by atoms with Crippen LogP contribution in [0.5, 0.6) is 0 Å². The van der Waals surface area contributed by atoms with Crippen molar-refractivity contribution in [1.82, 2.24) is 0 Å². The number of hydrogen-bond acceptors (Lipinski definition) is 4. The Kier molecular flexibility index (Phi) is 10.3. The molecular weight excluding hydrogens is 488 g/mol. The van der Waals surface area contributed by atoms with Gasteiger partial charge in [0.25, 0.3) is 0 Å². The lowest BCUT2D eigenvalue weighted by molar-refractivity contribution is -0.231. The third kappa shape index (κ3) is 8.66. The van der Waals surface area contributed by atoms with Crippen molar-refractivity contribution in [2.75, 3.05) is 6.61 Å². The van der Waals surface area contributed by atoms with E-state index in [4.69, 9.17) is 18.9 Å². The van der Waals surface area contributed by atoms with Crippen molar-refractivity contribution in [1.29, 1.82) is 0 Å². The summed E-state index contributed by atoms with van der Waals surface area (Å²) >= 11 is 0. The van der Waals surface area contributed by atoms with Gasteiger partial charge >= 0.3 is 0 Å². The number of benzene rings is 3. The fourth-order valence-corrected chi connectivity index (χ4v) is 5.08. The standard InChI is InChI=1S/C33H40O4Si/c1-26-30(20-21-38(2,3)4)37-31(25-34-22-27-14-8-5-9-15-27)33(36-24-29-18-12-7-13-19-29)32(26)35-23-28-16-10-6-11-17-28/h5-19,26,30-33H,22-25H2,1-4H3/t26-,30-,31-,32-,33-/m1/s1. The van der Waals surface area contributed by atoms with E-state index < -0.39 is 8.07 Å². The lowest BCUT2D eigenvalue weighted by atomic mass is 9.88. The molecule has 4 rings (SSSR count). The maximum Gasteiger partial charge on any atom is 0.129 e. The molecule has 5 atom stereocenters. The molecule has 4 nitrogen and oxygen atoms in total. The molecule has 1 heterocycles. The van der Waals surface area contributed by atoms with E-state index in [1.165, 1.54) is 0 Å². The molecule has 1 aliphatic heterocycles. The second-order valence-corrected chi connectivity index (χ2v) is 15.7. The molecule has 1 fully saturated rings. The fourth-order valence-electron chi connectivity index (χ4n) is 4.51. The van der Waals surface area contributed by atoms with Gasteiger partial charge in [-0.1, -0.05) is 123 Å². The van der Waals surface area contributed by atoms with Crippen molar-refractivity contribution < 1.29 is 18.9 Å². The van der Waals surface area contributed by atoms with Gasteiger partial charge in [-0.3, -0.25) is 0 Å². The molecule has 0 bridgehead atoms. The Morgan fingerprint density at radius 3 is 1.66 bits per heavy atom. The van der Waals surface area contributed by atoms with Crippen LogP contribution in [0.1, 0.15) is 23.6 Å². The second-order valence-electron chi connectivity index (χ2n) is 11.0. The molecule has 0 spiro atoms. The zero-order valence-corrected chi connectivity index (χ0v) is 24.0. The van der Waals surface area contributed by atoms with Crippen LogP contribution in [0, 0.1) is 17.4 Å². The van der Waals surface area contributed by atoms with Gasteiger partial charge in [-0.2, -0.15) is 0 Å². The van der Waals surface area contributed by atoms with E-state index in [0.717, 1.165) is 16.7 Å². The summed E-state index contributed by atoms with van der Waals surface area (Å²) in [6.45, 7) is 10.8. The largest absolute Gasteiger partial charge is 0.374 e. The van der Waals surface area contributed by atoms with Crippen LogP contribution in [0.4, 0.5) is 0 Å². The summed E-state index contributed by atoms with van der Waals surface area (Å²) < 4.78 is 26.0. The minimum Gasteiger partial charge on any atom is -0.374 e. The summed E-state index contributed by atoms with van der Waals surface area (Å²) in [4.78, 5) is 0. The van der Waals surface area contributed by atoms with Crippen LogP contribution in [0.15, 0.2) is 91.0 Å². The maximum atomic E-state index is 6.63. The second kappa shape index (κ2) is 13.9. The highest BCUT2D eigenvalue weighted by atomic mass is 28.3. The molecule has 1 saturated heterocycles. The molecule has 3 aromatic rings. The van der Waals surface area contributed by atoms with Gasteiger partial charge in [0.2, 0.25) is 0 Å². The molecule has 3 aromatic carbocycles. The van der Waals surface area contributed by atoms with Crippen molar-refractivity contribution >= 4 is 8.07 Å². The predicted molar refractivity (Wildman–Crippen MR) is 155 cm³/mol. The number of rotatable bonds is 10. The topological polar surface area (TPSA) is 36.9 Å². The minimum atomic E-state index is -1.58. The van der Waals surface area contributed by atoms with Crippen LogP contribution in [-0.4, -0.2) is 39.1 Å². The first-order chi connectivity index (χ1) is 18.4. The molecule has 38 heavy (non-hydrogen) atoms. The van der Waals surface area contributed by atoms with Crippen LogP contribution in [-0.2, 0) is 38.8 Å². The smallest absolute Gasteiger partial charge is 0.129 e. The van der Waals surface area contributed by atoms with Crippen molar-refractivity contribution in [3.63, 3.8) is 0 Å². The summed E-state index contributed by atoms with van der Waals surface area (Å²) in [5.74, 6) is 3.51. The van der Waals surface area contributed by atoms with Gasteiger partial charge in [0, 0.05) is 5.92 Å². The zero-order chi connectivity index (χ0) is 26.8. The van der Waals surface area contributed by atoms with Gasteiger partial charge in [0.05, 0.1) is 32.5 Å². The third-order valence-electron chi connectivity index (χ3n) is 6.56. The Balaban J connectivity index is 1.56. The first kappa shape index (κ1) is 28.3. The van der Waals surface area contributed by atoms with Gasteiger partial charge in [-0.25, -0.2) is 0 Å². The number of hydrogen-bond donors (Lipinski definition) is 0. The van der Waals surface area contributed by atoms with E-state index in [9.17, 15) is 0 Å². The fraction of sp³-hybridized carbons (Fsp3) is 0.394. The Bertz CT molecular complexity index is 1150. The van der Waals surface area contributed by atoms with Crippen LogP contribution in [0.2, 0.25) is 19.6 Å². The highest BCUT2D eigenvalue weighted by Gasteiger charge is 2.45. The molecular formula is C33H40O4Si. The molecule has 0 saturated carbocycles.